The van der Waals surface area contributed by atoms with E-state index in [1.165, 1.54) is 4.80 Å². The van der Waals surface area contributed by atoms with E-state index in [0.717, 1.165) is 16.7 Å². The van der Waals surface area contributed by atoms with Gasteiger partial charge in [0.05, 0.1) is 0 Å². The Morgan fingerprint density at radius 3 is 2.36 bits per heavy atom. The molecule has 1 aromatic heterocycles. The van der Waals surface area contributed by atoms with Gasteiger partial charge in [0.25, 0.3) is 0 Å². The van der Waals surface area contributed by atoms with Crippen molar-refractivity contribution in [3.63, 3.8) is 0 Å². The molecule has 0 aliphatic heterocycles. The molecule has 4 aromatic rings. The molecule has 2 N–H and O–H groups in total. The van der Waals surface area contributed by atoms with Gasteiger partial charge in [-0.05, 0) is 58.9 Å². The monoisotopic (exact) mass is 463 g/mol. The first-order valence-corrected chi connectivity index (χ1v) is 11.2. The SMILES string of the molecule is CC(C)(C)c1cc(-c2ccc(CCC(=O)CO)cc2)c(O)c(-n2nc3ccc(Cl)cc3n2)c1. The summed E-state index contributed by atoms with van der Waals surface area (Å²) in [6.45, 7) is 5.90. The van der Waals surface area contributed by atoms with Crippen molar-refractivity contribution in [2.75, 3.05) is 6.61 Å². The van der Waals surface area contributed by atoms with E-state index in [4.69, 9.17) is 16.7 Å². The number of ketones is 1. The number of aliphatic hydroxyl groups is 1. The number of aliphatic hydroxyl groups excluding tert-OH is 1. The molecule has 0 amide bonds. The third-order valence-electron chi connectivity index (χ3n) is 5.65. The number of halogens is 1. The van der Waals surface area contributed by atoms with E-state index in [0.29, 0.717) is 40.1 Å². The molecule has 0 fully saturated rings. The van der Waals surface area contributed by atoms with Crippen LogP contribution in [0.2, 0.25) is 5.02 Å². The zero-order chi connectivity index (χ0) is 23.8. The maximum atomic E-state index is 11.4. The van der Waals surface area contributed by atoms with Crippen LogP contribution in [-0.4, -0.2) is 37.6 Å². The van der Waals surface area contributed by atoms with Gasteiger partial charge in [0, 0.05) is 17.0 Å². The highest BCUT2D eigenvalue weighted by Gasteiger charge is 2.22. The van der Waals surface area contributed by atoms with Gasteiger partial charge in [0.2, 0.25) is 0 Å². The molecular formula is C26H26ClN3O3. The maximum absolute atomic E-state index is 11.4. The average molecular weight is 464 g/mol. The van der Waals surface area contributed by atoms with Crippen molar-refractivity contribution in [3.8, 4) is 22.6 Å². The third kappa shape index (κ3) is 4.92. The highest BCUT2D eigenvalue weighted by molar-refractivity contribution is 6.31. The van der Waals surface area contributed by atoms with Crippen LogP contribution in [0.3, 0.4) is 0 Å². The van der Waals surface area contributed by atoms with E-state index >= 15 is 0 Å². The Hall–Kier alpha value is -3.22. The minimum atomic E-state index is -0.434. The highest BCUT2D eigenvalue weighted by atomic mass is 35.5. The summed E-state index contributed by atoms with van der Waals surface area (Å²) in [5.74, 6) is -0.0998. The number of phenolic OH excluding ortho intramolecular Hbond substituents is 1. The van der Waals surface area contributed by atoms with Crippen LogP contribution in [0.1, 0.15) is 38.3 Å². The molecule has 4 rings (SSSR count). The smallest absolute Gasteiger partial charge is 0.158 e. The van der Waals surface area contributed by atoms with Crippen molar-refractivity contribution < 1.29 is 15.0 Å². The Morgan fingerprint density at radius 2 is 1.70 bits per heavy atom. The molecule has 0 bridgehead atoms. The summed E-state index contributed by atoms with van der Waals surface area (Å²) in [6.07, 6.45) is 0.860. The number of carbonyl (C=O) groups is 1. The van der Waals surface area contributed by atoms with Crippen molar-refractivity contribution in [3.05, 3.63) is 70.7 Å². The average Bonchev–Trinajstić information content (AvgIpc) is 3.20. The molecule has 33 heavy (non-hydrogen) atoms. The predicted molar refractivity (Wildman–Crippen MR) is 130 cm³/mol. The molecule has 0 saturated heterocycles. The largest absolute Gasteiger partial charge is 0.505 e. The van der Waals surface area contributed by atoms with E-state index < -0.39 is 6.61 Å². The summed E-state index contributed by atoms with van der Waals surface area (Å²) < 4.78 is 0. The first-order valence-electron chi connectivity index (χ1n) is 10.8. The van der Waals surface area contributed by atoms with Gasteiger partial charge < -0.3 is 10.2 Å². The van der Waals surface area contributed by atoms with Crippen molar-refractivity contribution >= 4 is 28.4 Å². The van der Waals surface area contributed by atoms with E-state index in [1.54, 1.807) is 18.2 Å². The van der Waals surface area contributed by atoms with Crippen molar-refractivity contribution in [2.24, 2.45) is 0 Å². The van der Waals surface area contributed by atoms with Crippen LogP contribution < -0.4 is 0 Å². The zero-order valence-electron chi connectivity index (χ0n) is 18.8. The van der Waals surface area contributed by atoms with E-state index in [9.17, 15) is 9.90 Å². The van der Waals surface area contributed by atoms with Gasteiger partial charge in [-0.2, -0.15) is 0 Å². The van der Waals surface area contributed by atoms with Gasteiger partial charge in [-0.3, -0.25) is 4.79 Å². The second-order valence-corrected chi connectivity index (χ2v) is 9.59. The molecular weight excluding hydrogens is 438 g/mol. The molecule has 0 unspecified atom stereocenters. The number of aromatic nitrogens is 3. The lowest BCUT2D eigenvalue weighted by Crippen LogP contribution is -2.13. The minimum Gasteiger partial charge on any atom is -0.505 e. The molecule has 170 valence electrons. The summed E-state index contributed by atoms with van der Waals surface area (Å²) in [5, 5.41) is 29.8. The molecule has 0 spiro atoms. The molecule has 0 saturated carbocycles. The van der Waals surface area contributed by atoms with Gasteiger partial charge >= 0.3 is 0 Å². The van der Waals surface area contributed by atoms with Gasteiger partial charge in [-0.25, -0.2) is 0 Å². The van der Waals surface area contributed by atoms with Crippen LogP contribution in [0.25, 0.3) is 27.8 Å². The molecule has 0 aliphatic rings. The summed E-state index contributed by atoms with van der Waals surface area (Å²) in [6, 6.07) is 16.9. The van der Waals surface area contributed by atoms with Crippen LogP contribution in [0, 0.1) is 0 Å². The van der Waals surface area contributed by atoms with Crippen LogP contribution in [0.5, 0.6) is 5.75 Å². The molecule has 3 aromatic carbocycles. The second-order valence-electron chi connectivity index (χ2n) is 9.16. The number of rotatable bonds is 6. The highest BCUT2D eigenvalue weighted by Crippen LogP contribution is 2.39. The lowest BCUT2D eigenvalue weighted by atomic mass is 9.84. The molecule has 6 nitrogen and oxygen atoms in total. The number of nitrogens with zero attached hydrogens (tertiary/aromatic N) is 3. The van der Waals surface area contributed by atoms with Gasteiger partial charge in [-0.1, -0.05) is 56.6 Å². The lowest BCUT2D eigenvalue weighted by Gasteiger charge is -2.22. The molecule has 1 heterocycles. The summed E-state index contributed by atoms with van der Waals surface area (Å²) in [4.78, 5) is 12.8. The zero-order valence-corrected chi connectivity index (χ0v) is 19.6. The Morgan fingerprint density at radius 1 is 1.00 bits per heavy atom. The summed E-state index contributed by atoms with van der Waals surface area (Å²) in [5.41, 5.74) is 5.19. The van der Waals surface area contributed by atoms with Crippen molar-refractivity contribution in [1.82, 2.24) is 15.0 Å². The topological polar surface area (TPSA) is 88.2 Å². The van der Waals surface area contributed by atoms with Crippen molar-refractivity contribution in [2.45, 2.75) is 39.0 Å². The standard InChI is InChI=1S/C26H26ClN3O3/c1-26(2,3)18-12-21(17-7-4-16(5-8-17)6-10-20(32)15-31)25(33)24(13-18)30-28-22-11-9-19(27)14-23(22)29-30/h4-5,7-9,11-14,31,33H,6,10,15H2,1-3H3. The van der Waals surface area contributed by atoms with Crippen LogP contribution >= 0.6 is 11.6 Å². The minimum absolute atomic E-state index is 0.0811. The lowest BCUT2D eigenvalue weighted by molar-refractivity contribution is -0.121. The fraction of sp³-hybridized carbons (Fsp3) is 0.269. The number of carbonyl (C=O) groups excluding carboxylic acids is 1. The summed E-state index contributed by atoms with van der Waals surface area (Å²) in [7, 11) is 0. The van der Waals surface area contributed by atoms with Crippen LogP contribution in [0.15, 0.2) is 54.6 Å². The number of Topliss-reactive ketones (excluding diaryl/α,β-unsaturated/α-hetero) is 1. The Balaban J connectivity index is 1.79. The van der Waals surface area contributed by atoms with E-state index in [2.05, 4.69) is 31.0 Å². The third-order valence-corrected chi connectivity index (χ3v) is 5.88. The first-order chi connectivity index (χ1) is 15.7. The number of phenols is 1. The van der Waals surface area contributed by atoms with Crippen molar-refractivity contribution in [1.29, 1.82) is 0 Å². The number of aromatic hydroxyl groups is 1. The van der Waals surface area contributed by atoms with E-state index in [-0.39, 0.29) is 16.9 Å². The van der Waals surface area contributed by atoms with Crippen LogP contribution in [0.4, 0.5) is 0 Å². The fourth-order valence-corrected chi connectivity index (χ4v) is 3.80. The van der Waals surface area contributed by atoms with E-state index in [1.807, 2.05) is 36.4 Å². The number of hydrogen-bond donors (Lipinski definition) is 2. The number of hydrogen-bond acceptors (Lipinski definition) is 5. The number of aryl methyl sites for hydroxylation is 1. The number of benzene rings is 3. The quantitative estimate of drug-likeness (QED) is 0.408. The summed E-state index contributed by atoms with van der Waals surface area (Å²) >= 11 is 6.10. The predicted octanol–water partition coefficient (Wildman–Crippen LogP) is 5.24. The van der Waals surface area contributed by atoms with Gasteiger partial charge in [-0.15, -0.1) is 15.0 Å². The number of fused-ring (bicyclic) bond motifs is 1. The Bertz CT molecular complexity index is 1320. The second kappa shape index (κ2) is 8.96. The van der Waals surface area contributed by atoms with Gasteiger partial charge in [0.15, 0.2) is 11.5 Å². The molecule has 0 radical (unpaired) electrons. The van der Waals surface area contributed by atoms with Gasteiger partial charge in [0.1, 0.15) is 23.3 Å². The van der Waals surface area contributed by atoms with Crippen LogP contribution in [-0.2, 0) is 16.6 Å². The fourth-order valence-electron chi connectivity index (χ4n) is 3.63. The molecule has 0 aliphatic carbocycles. The first kappa shape index (κ1) is 23.0. The normalized spacial score (nSPS) is 11.8. The molecule has 0 atom stereocenters. The molecule has 7 heteroatoms. The Kier molecular flexibility index (Phi) is 6.23. The Labute approximate surface area is 197 Å². The maximum Gasteiger partial charge on any atom is 0.158 e.